The number of carbonyl (C=O) groups excluding carboxylic acids is 1. The Morgan fingerprint density at radius 1 is 1.28 bits per heavy atom. The molecular weight excluding hydrogens is 412 g/mol. The van der Waals surface area contributed by atoms with Crippen molar-refractivity contribution in [2.75, 3.05) is 26.8 Å². The van der Waals surface area contributed by atoms with Gasteiger partial charge < -0.3 is 18.6 Å². The number of methoxy groups -OCH3 is 1. The van der Waals surface area contributed by atoms with E-state index in [0.29, 0.717) is 56.4 Å². The van der Waals surface area contributed by atoms with Gasteiger partial charge in [-0.15, -0.1) is 0 Å². The zero-order chi connectivity index (χ0) is 22.1. The fraction of sp³-hybridized carbons (Fsp3) is 0.364. The molecule has 0 saturated carbocycles. The van der Waals surface area contributed by atoms with Gasteiger partial charge in [0.15, 0.2) is 11.4 Å². The molecule has 0 N–H and O–H groups in total. The summed E-state index contributed by atoms with van der Waals surface area (Å²) < 4.78 is 16.2. The van der Waals surface area contributed by atoms with E-state index in [9.17, 15) is 9.59 Å². The zero-order valence-electron chi connectivity index (χ0n) is 17.8. The Morgan fingerprint density at radius 3 is 3.00 bits per heavy atom. The van der Waals surface area contributed by atoms with Crippen molar-refractivity contribution in [2.24, 2.45) is 0 Å². The quantitative estimate of drug-likeness (QED) is 0.438. The Labute approximate surface area is 183 Å². The van der Waals surface area contributed by atoms with Crippen molar-refractivity contribution in [3.8, 4) is 0 Å². The molecule has 0 bridgehead atoms. The largest absolute Gasteiger partial charge is 0.454 e. The van der Waals surface area contributed by atoms with Gasteiger partial charge in [-0.05, 0) is 30.7 Å². The van der Waals surface area contributed by atoms with E-state index in [4.69, 9.17) is 9.15 Å². The van der Waals surface area contributed by atoms with Gasteiger partial charge in [-0.25, -0.2) is 14.8 Å². The molecule has 4 aromatic rings. The van der Waals surface area contributed by atoms with E-state index in [2.05, 4.69) is 9.97 Å². The third-order valence-corrected chi connectivity index (χ3v) is 5.83. The summed E-state index contributed by atoms with van der Waals surface area (Å²) in [6.07, 6.45) is 7.59. The number of ether oxygens (including phenoxy) is 1. The standard InChI is InChI=1S/C22H24N6O4/c1-31-12-11-27-18-3-2-7-24-20(18)28(22(27)30)16-6-9-26(13-16)21(29)19-5-4-17(32-19)14-25-10-8-23-15-25/h2-5,7-8,10,15-16H,6,9,11-14H2,1H3/t16-/m1/s1. The number of imidazole rings is 2. The van der Waals surface area contributed by atoms with Crippen molar-refractivity contribution in [2.45, 2.75) is 25.6 Å². The molecule has 5 heterocycles. The van der Waals surface area contributed by atoms with Crippen LogP contribution in [0.2, 0.25) is 0 Å². The molecular formula is C22H24N6O4. The van der Waals surface area contributed by atoms with Crippen molar-refractivity contribution in [3.63, 3.8) is 0 Å². The van der Waals surface area contributed by atoms with Crippen LogP contribution in [-0.2, 0) is 17.8 Å². The second kappa shape index (κ2) is 8.46. The van der Waals surface area contributed by atoms with E-state index < -0.39 is 0 Å². The highest BCUT2D eigenvalue weighted by atomic mass is 16.5. The van der Waals surface area contributed by atoms with Crippen LogP contribution in [0.5, 0.6) is 0 Å². The van der Waals surface area contributed by atoms with Crippen LogP contribution in [0.4, 0.5) is 0 Å². The van der Waals surface area contributed by atoms with Gasteiger partial charge in [0.2, 0.25) is 0 Å². The van der Waals surface area contributed by atoms with E-state index in [0.717, 1.165) is 5.52 Å². The van der Waals surface area contributed by atoms with Gasteiger partial charge in [-0.2, -0.15) is 0 Å². The van der Waals surface area contributed by atoms with Gasteiger partial charge in [0.05, 0.1) is 37.6 Å². The summed E-state index contributed by atoms with van der Waals surface area (Å²) >= 11 is 0. The molecule has 1 aliphatic heterocycles. The molecule has 10 nitrogen and oxygen atoms in total. The van der Waals surface area contributed by atoms with Crippen molar-refractivity contribution >= 4 is 17.1 Å². The highest BCUT2D eigenvalue weighted by Gasteiger charge is 2.32. The van der Waals surface area contributed by atoms with Gasteiger partial charge in [-0.1, -0.05) is 0 Å². The first-order valence-electron chi connectivity index (χ1n) is 10.5. The summed E-state index contributed by atoms with van der Waals surface area (Å²) in [6.45, 7) is 2.37. The van der Waals surface area contributed by atoms with E-state index in [1.54, 1.807) is 52.0 Å². The molecule has 0 aliphatic carbocycles. The minimum absolute atomic E-state index is 0.129. The topological polar surface area (TPSA) is 100 Å². The molecule has 4 aromatic heterocycles. The second-order valence-corrected chi connectivity index (χ2v) is 7.84. The minimum atomic E-state index is -0.173. The van der Waals surface area contributed by atoms with Crippen LogP contribution in [0.15, 0.2) is 58.4 Å². The summed E-state index contributed by atoms with van der Waals surface area (Å²) in [5.41, 5.74) is 1.28. The number of furan rings is 1. The fourth-order valence-corrected chi connectivity index (χ4v) is 4.27. The number of rotatable bonds is 7. The molecule has 1 saturated heterocycles. The maximum absolute atomic E-state index is 13.2. The van der Waals surface area contributed by atoms with Gasteiger partial charge in [0.1, 0.15) is 5.76 Å². The maximum Gasteiger partial charge on any atom is 0.330 e. The fourth-order valence-electron chi connectivity index (χ4n) is 4.27. The molecule has 0 spiro atoms. The predicted octanol–water partition coefficient (Wildman–Crippen LogP) is 1.77. The summed E-state index contributed by atoms with van der Waals surface area (Å²) in [6, 6.07) is 7.06. The number of hydrogen-bond donors (Lipinski definition) is 0. The lowest BCUT2D eigenvalue weighted by atomic mass is 10.2. The monoisotopic (exact) mass is 436 g/mol. The molecule has 0 aromatic carbocycles. The highest BCUT2D eigenvalue weighted by Crippen LogP contribution is 2.26. The van der Waals surface area contributed by atoms with E-state index in [1.807, 2.05) is 22.9 Å². The van der Waals surface area contributed by atoms with Crippen LogP contribution in [0.25, 0.3) is 11.2 Å². The number of fused-ring (bicyclic) bond motifs is 1. The molecule has 1 atom stereocenters. The molecule has 32 heavy (non-hydrogen) atoms. The Balaban J connectivity index is 1.35. The first-order valence-corrected chi connectivity index (χ1v) is 10.5. The van der Waals surface area contributed by atoms with Crippen LogP contribution in [0.3, 0.4) is 0 Å². The normalized spacial score (nSPS) is 16.3. The van der Waals surface area contributed by atoms with Crippen molar-refractivity contribution < 1.29 is 13.9 Å². The summed E-state index contributed by atoms with van der Waals surface area (Å²) in [5, 5.41) is 0. The molecule has 5 rings (SSSR count). The average molecular weight is 436 g/mol. The van der Waals surface area contributed by atoms with Crippen LogP contribution >= 0.6 is 0 Å². The van der Waals surface area contributed by atoms with Crippen molar-refractivity contribution in [3.05, 3.63) is 71.2 Å². The third-order valence-electron chi connectivity index (χ3n) is 5.83. The third kappa shape index (κ3) is 3.62. The highest BCUT2D eigenvalue weighted by molar-refractivity contribution is 5.91. The van der Waals surface area contributed by atoms with Crippen molar-refractivity contribution in [1.82, 2.24) is 28.6 Å². The smallest absolute Gasteiger partial charge is 0.330 e. The van der Waals surface area contributed by atoms with Crippen LogP contribution in [0.1, 0.15) is 28.8 Å². The second-order valence-electron chi connectivity index (χ2n) is 7.84. The van der Waals surface area contributed by atoms with Crippen LogP contribution in [0, 0.1) is 0 Å². The SMILES string of the molecule is COCCn1c(=O)n([C@@H]2CCN(C(=O)c3ccc(Cn4ccnc4)o3)C2)c2ncccc21. The number of hydrogen-bond acceptors (Lipinski definition) is 6. The summed E-state index contributed by atoms with van der Waals surface area (Å²) in [5.74, 6) is 0.811. The molecule has 1 aliphatic rings. The number of amides is 1. The molecule has 0 unspecified atom stereocenters. The van der Waals surface area contributed by atoms with E-state index in [-0.39, 0.29) is 17.6 Å². The lowest BCUT2D eigenvalue weighted by Gasteiger charge is -2.15. The average Bonchev–Trinajstić information content (AvgIpc) is 3.59. The first kappa shape index (κ1) is 20.3. The Bertz CT molecular complexity index is 1290. The van der Waals surface area contributed by atoms with E-state index in [1.165, 1.54) is 0 Å². The molecule has 10 heteroatoms. The Morgan fingerprint density at radius 2 is 2.19 bits per heavy atom. The van der Waals surface area contributed by atoms with Crippen molar-refractivity contribution in [1.29, 1.82) is 0 Å². The molecule has 1 amide bonds. The minimum Gasteiger partial charge on any atom is -0.454 e. The molecule has 166 valence electrons. The predicted molar refractivity (Wildman–Crippen MR) is 115 cm³/mol. The van der Waals surface area contributed by atoms with Gasteiger partial charge >= 0.3 is 5.69 Å². The van der Waals surface area contributed by atoms with Crippen LogP contribution in [-0.4, -0.2) is 61.3 Å². The Hall–Kier alpha value is -3.66. The lowest BCUT2D eigenvalue weighted by Crippen LogP contribution is -2.32. The van der Waals surface area contributed by atoms with Gasteiger partial charge in [-0.3, -0.25) is 13.9 Å². The van der Waals surface area contributed by atoms with Gasteiger partial charge in [0.25, 0.3) is 5.91 Å². The van der Waals surface area contributed by atoms with E-state index >= 15 is 0 Å². The molecule has 1 fully saturated rings. The lowest BCUT2D eigenvalue weighted by molar-refractivity contribution is 0.0754. The number of nitrogens with zero attached hydrogens (tertiary/aromatic N) is 6. The number of aromatic nitrogens is 5. The number of pyridine rings is 1. The number of carbonyl (C=O) groups is 1. The summed E-state index contributed by atoms with van der Waals surface area (Å²) in [7, 11) is 1.61. The first-order chi connectivity index (χ1) is 15.7. The summed E-state index contributed by atoms with van der Waals surface area (Å²) in [4.78, 5) is 36.4. The Kier molecular flexibility index (Phi) is 5.36. The number of likely N-dealkylation sites (tertiary alicyclic amines) is 1. The van der Waals surface area contributed by atoms with Crippen LogP contribution < -0.4 is 5.69 Å². The maximum atomic E-state index is 13.2. The molecule has 0 radical (unpaired) electrons. The zero-order valence-corrected chi connectivity index (χ0v) is 17.8. The van der Waals surface area contributed by atoms with Gasteiger partial charge in [0, 0.05) is 38.8 Å².